The summed E-state index contributed by atoms with van der Waals surface area (Å²) in [5.74, 6) is -0.812. The molecular weight excluding hydrogens is 430 g/mol. The number of imidazole rings is 1. The molecule has 1 amide bonds. The molecule has 1 atom stereocenters. The van der Waals surface area contributed by atoms with Crippen LogP contribution in [0.3, 0.4) is 0 Å². The topological polar surface area (TPSA) is 84.7 Å². The lowest BCUT2D eigenvalue weighted by molar-refractivity contribution is -0.129. The SMILES string of the molecule is CCOc1cccc(C2C(C(=O)C=Cc3ccccc3)=C(O)C(=O)N2CCCn2ccnc2)c1. The number of carbonyl (C=O) groups is 2. The Morgan fingerprint density at radius 3 is 2.71 bits per heavy atom. The fourth-order valence-corrected chi connectivity index (χ4v) is 4.09. The van der Waals surface area contributed by atoms with Crippen LogP contribution < -0.4 is 4.74 Å². The van der Waals surface area contributed by atoms with Crippen LogP contribution in [0, 0.1) is 0 Å². The molecule has 0 saturated carbocycles. The summed E-state index contributed by atoms with van der Waals surface area (Å²) in [6, 6.07) is 16.0. The molecule has 1 aromatic heterocycles. The van der Waals surface area contributed by atoms with Gasteiger partial charge in [-0.1, -0.05) is 48.5 Å². The molecule has 1 aliphatic rings. The number of allylic oxidation sites excluding steroid dienone is 1. The summed E-state index contributed by atoms with van der Waals surface area (Å²) in [6.07, 6.45) is 9.00. The summed E-state index contributed by atoms with van der Waals surface area (Å²) in [6.45, 7) is 3.41. The maximum absolute atomic E-state index is 13.2. The molecule has 0 bridgehead atoms. The average Bonchev–Trinajstić information content (AvgIpc) is 3.46. The van der Waals surface area contributed by atoms with Crippen molar-refractivity contribution in [3.63, 3.8) is 0 Å². The second-order valence-electron chi connectivity index (χ2n) is 7.93. The smallest absolute Gasteiger partial charge is 0.290 e. The summed E-state index contributed by atoms with van der Waals surface area (Å²) in [5.41, 5.74) is 1.64. The maximum Gasteiger partial charge on any atom is 0.290 e. The van der Waals surface area contributed by atoms with Crippen molar-refractivity contribution in [3.8, 4) is 5.75 Å². The van der Waals surface area contributed by atoms with Crippen molar-refractivity contribution in [3.05, 3.63) is 102 Å². The van der Waals surface area contributed by atoms with E-state index in [0.29, 0.717) is 37.4 Å². The Bertz CT molecular complexity index is 1200. The third-order valence-corrected chi connectivity index (χ3v) is 5.66. The molecule has 0 fully saturated rings. The van der Waals surface area contributed by atoms with Crippen LogP contribution in [0.5, 0.6) is 5.75 Å². The summed E-state index contributed by atoms with van der Waals surface area (Å²) in [5, 5.41) is 10.8. The molecule has 7 nitrogen and oxygen atoms in total. The number of hydrogen-bond acceptors (Lipinski definition) is 5. The summed E-state index contributed by atoms with van der Waals surface area (Å²) in [7, 11) is 0. The molecule has 174 valence electrons. The van der Waals surface area contributed by atoms with Gasteiger partial charge >= 0.3 is 0 Å². The van der Waals surface area contributed by atoms with E-state index in [2.05, 4.69) is 4.98 Å². The van der Waals surface area contributed by atoms with Crippen molar-refractivity contribution in [2.24, 2.45) is 0 Å². The van der Waals surface area contributed by atoms with Gasteiger partial charge in [-0.3, -0.25) is 9.59 Å². The highest BCUT2D eigenvalue weighted by Gasteiger charge is 2.42. The lowest BCUT2D eigenvalue weighted by Crippen LogP contribution is -2.32. The quantitative estimate of drug-likeness (QED) is 0.458. The number of hydrogen-bond donors (Lipinski definition) is 1. The molecule has 34 heavy (non-hydrogen) atoms. The minimum absolute atomic E-state index is 0.0773. The fraction of sp³-hybridized carbons (Fsp3) is 0.222. The molecule has 0 aliphatic carbocycles. The lowest BCUT2D eigenvalue weighted by Gasteiger charge is -2.27. The van der Waals surface area contributed by atoms with Gasteiger partial charge in [0.05, 0.1) is 24.5 Å². The van der Waals surface area contributed by atoms with Crippen LogP contribution in [-0.2, 0) is 16.1 Å². The zero-order chi connectivity index (χ0) is 23.9. The Morgan fingerprint density at radius 2 is 1.97 bits per heavy atom. The van der Waals surface area contributed by atoms with Crippen LogP contribution in [0.25, 0.3) is 6.08 Å². The lowest BCUT2D eigenvalue weighted by atomic mass is 9.95. The maximum atomic E-state index is 13.2. The van der Waals surface area contributed by atoms with Gasteiger partial charge in [0.1, 0.15) is 5.75 Å². The number of aromatic nitrogens is 2. The second-order valence-corrected chi connectivity index (χ2v) is 7.93. The molecule has 0 radical (unpaired) electrons. The summed E-state index contributed by atoms with van der Waals surface area (Å²) in [4.78, 5) is 31.9. The first-order chi connectivity index (χ1) is 16.6. The Balaban J connectivity index is 1.64. The van der Waals surface area contributed by atoms with Gasteiger partial charge in [0, 0.05) is 25.5 Å². The fourth-order valence-electron chi connectivity index (χ4n) is 4.09. The molecule has 1 aliphatic heterocycles. The number of ketones is 1. The monoisotopic (exact) mass is 457 g/mol. The number of ether oxygens (including phenoxy) is 1. The van der Waals surface area contributed by atoms with Crippen LogP contribution in [0.2, 0.25) is 0 Å². The highest BCUT2D eigenvalue weighted by atomic mass is 16.5. The van der Waals surface area contributed by atoms with E-state index in [-0.39, 0.29) is 5.57 Å². The van der Waals surface area contributed by atoms with Gasteiger partial charge in [0.25, 0.3) is 5.91 Å². The van der Waals surface area contributed by atoms with Crippen molar-refractivity contribution in [2.75, 3.05) is 13.2 Å². The van der Waals surface area contributed by atoms with Gasteiger partial charge in [-0.25, -0.2) is 4.98 Å². The van der Waals surface area contributed by atoms with Crippen molar-refractivity contribution < 1.29 is 19.4 Å². The first-order valence-electron chi connectivity index (χ1n) is 11.3. The highest BCUT2D eigenvalue weighted by Crippen LogP contribution is 2.39. The number of benzene rings is 2. The van der Waals surface area contributed by atoms with E-state index < -0.39 is 23.5 Å². The van der Waals surface area contributed by atoms with Crippen LogP contribution in [0.1, 0.15) is 30.5 Å². The standard InChI is InChI=1S/C27H27N3O4/c1-2-34-22-11-6-10-21(18-22)25-24(23(31)13-12-20-8-4-3-5-9-20)26(32)27(33)30(25)16-7-15-29-17-14-28-19-29/h3-6,8-14,17-19,25,32H,2,7,15-16H2,1H3. The molecule has 4 rings (SSSR count). The van der Waals surface area contributed by atoms with E-state index in [4.69, 9.17) is 4.74 Å². The molecule has 1 unspecified atom stereocenters. The van der Waals surface area contributed by atoms with Crippen LogP contribution in [0.15, 0.2) is 90.7 Å². The van der Waals surface area contributed by atoms with Crippen molar-refractivity contribution >= 4 is 17.8 Å². The van der Waals surface area contributed by atoms with Gasteiger partial charge in [0.2, 0.25) is 0 Å². The van der Waals surface area contributed by atoms with E-state index in [0.717, 1.165) is 5.56 Å². The molecule has 0 spiro atoms. The van der Waals surface area contributed by atoms with E-state index >= 15 is 0 Å². The van der Waals surface area contributed by atoms with Crippen molar-refractivity contribution in [2.45, 2.75) is 25.9 Å². The first-order valence-corrected chi connectivity index (χ1v) is 11.3. The van der Waals surface area contributed by atoms with E-state index in [9.17, 15) is 14.7 Å². The minimum Gasteiger partial charge on any atom is -0.503 e. The molecule has 7 heteroatoms. The van der Waals surface area contributed by atoms with Gasteiger partial charge in [-0.05, 0) is 42.7 Å². The third-order valence-electron chi connectivity index (χ3n) is 5.66. The molecule has 3 aromatic rings. The van der Waals surface area contributed by atoms with Crippen molar-refractivity contribution in [1.82, 2.24) is 14.5 Å². The number of aryl methyl sites for hydroxylation is 1. The number of rotatable bonds is 10. The van der Waals surface area contributed by atoms with Crippen LogP contribution in [0.4, 0.5) is 0 Å². The predicted octanol–water partition coefficient (Wildman–Crippen LogP) is 4.35. The number of aliphatic hydroxyl groups excluding tert-OH is 1. The first kappa shape index (κ1) is 23.0. The Hall–Kier alpha value is -4.13. The van der Waals surface area contributed by atoms with Crippen molar-refractivity contribution in [1.29, 1.82) is 0 Å². The largest absolute Gasteiger partial charge is 0.503 e. The van der Waals surface area contributed by atoms with Gasteiger partial charge in [-0.2, -0.15) is 0 Å². The zero-order valence-corrected chi connectivity index (χ0v) is 19.0. The molecule has 2 heterocycles. The Kier molecular flexibility index (Phi) is 7.22. The van der Waals surface area contributed by atoms with E-state index in [1.54, 1.807) is 23.5 Å². The highest BCUT2D eigenvalue weighted by molar-refractivity contribution is 6.14. The molecule has 1 N–H and O–H groups in total. The molecule has 0 saturated heterocycles. The number of nitrogens with zero attached hydrogens (tertiary/aromatic N) is 3. The van der Waals surface area contributed by atoms with Gasteiger partial charge in [0.15, 0.2) is 11.5 Å². The number of carbonyl (C=O) groups excluding carboxylic acids is 2. The normalized spacial score (nSPS) is 16.0. The number of amides is 1. The van der Waals surface area contributed by atoms with Gasteiger partial charge < -0.3 is 19.3 Å². The number of aliphatic hydroxyl groups is 1. The van der Waals surface area contributed by atoms with Crippen LogP contribution in [-0.4, -0.2) is 44.4 Å². The molecule has 2 aromatic carbocycles. The van der Waals surface area contributed by atoms with Gasteiger partial charge in [-0.15, -0.1) is 0 Å². The Labute approximate surface area is 198 Å². The third kappa shape index (κ3) is 5.09. The second kappa shape index (κ2) is 10.7. The molecular formula is C27H27N3O4. The Morgan fingerprint density at radius 1 is 1.15 bits per heavy atom. The van der Waals surface area contributed by atoms with E-state index in [1.807, 2.05) is 72.3 Å². The predicted molar refractivity (Wildman–Crippen MR) is 129 cm³/mol. The minimum atomic E-state index is -0.705. The zero-order valence-electron chi connectivity index (χ0n) is 19.0. The average molecular weight is 458 g/mol. The summed E-state index contributed by atoms with van der Waals surface area (Å²) >= 11 is 0. The van der Waals surface area contributed by atoms with E-state index in [1.165, 1.54) is 6.08 Å². The summed E-state index contributed by atoms with van der Waals surface area (Å²) < 4.78 is 7.56. The van der Waals surface area contributed by atoms with Crippen LogP contribution >= 0.6 is 0 Å².